The summed E-state index contributed by atoms with van der Waals surface area (Å²) < 4.78 is 0. The summed E-state index contributed by atoms with van der Waals surface area (Å²) in [7, 11) is 0. The van der Waals surface area contributed by atoms with Crippen LogP contribution in [0.5, 0.6) is 5.75 Å². The molecule has 4 atom stereocenters. The molecule has 35 heavy (non-hydrogen) atoms. The average Bonchev–Trinajstić information content (AvgIpc) is 2.76. The Morgan fingerprint density at radius 2 is 1.40 bits per heavy atom. The Kier molecular flexibility index (Phi) is 12.0. The smallest absolute Gasteiger partial charge is 0.327 e. The second-order valence-corrected chi connectivity index (χ2v) is 8.77. The Morgan fingerprint density at radius 1 is 0.886 bits per heavy atom. The summed E-state index contributed by atoms with van der Waals surface area (Å²) in [6.07, 6.45) is -0.533. The van der Waals surface area contributed by atoms with Crippen molar-refractivity contribution in [3.8, 4) is 5.75 Å². The predicted octanol–water partition coefficient (Wildman–Crippen LogP) is -0.748. The third-order valence-corrected chi connectivity index (χ3v) is 5.25. The maximum atomic E-state index is 13.1. The summed E-state index contributed by atoms with van der Waals surface area (Å²) in [6.45, 7) is 3.75. The molecule has 0 bridgehead atoms. The number of hydrogen-bond donors (Lipinski definition) is 8. The van der Waals surface area contributed by atoms with E-state index in [0.29, 0.717) is 12.0 Å². The number of thiol groups is 1. The number of benzene rings is 1. The minimum Gasteiger partial charge on any atom is -0.508 e. The van der Waals surface area contributed by atoms with Crippen molar-refractivity contribution in [3.63, 3.8) is 0 Å². The maximum Gasteiger partial charge on any atom is 0.327 e. The molecule has 1 aromatic rings. The molecule has 0 saturated heterocycles. The lowest BCUT2D eigenvalue weighted by atomic mass is 10.0. The first kappa shape index (κ1) is 29.7. The first-order valence-electron chi connectivity index (χ1n) is 10.8. The van der Waals surface area contributed by atoms with Crippen molar-refractivity contribution in [1.82, 2.24) is 16.0 Å². The van der Waals surface area contributed by atoms with Crippen molar-refractivity contribution in [2.75, 3.05) is 5.75 Å². The summed E-state index contributed by atoms with van der Waals surface area (Å²) >= 11 is 3.84. The number of aliphatic carboxylic acids is 2. The molecule has 1 rings (SSSR count). The highest BCUT2D eigenvalue weighted by molar-refractivity contribution is 7.80. The van der Waals surface area contributed by atoms with E-state index in [1.807, 2.05) is 13.8 Å². The van der Waals surface area contributed by atoms with Gasteiger partial charge in [-0.25, -0.2) is 4.79 Å². The minimum atomic E-state index is -1.62. The summed E-state index contributed by atoms with van der Waals surface area (Å²) in [5, 5.41) is 34.7. The minimum absolute atomic E-state index is 0.00638. The number of nitrogens with one attached hydrogen (secondary N) is 3. The van der Waals surface area contributed by atoms with E-state index in [1.54, 1.807) is 0 Å². The first-order valence-corrected chi connectivity index (χ1v) is 11.5. The number of carboxylic acids is 2. The van der Waals surface area contributed by atoms with Gasteiger partial charge >= 0.3 is 11.9 Å². The van der Waals surface area contributed by atoms with Crippen LogP contribution in [0.3, 0.4) is 0 Å². The summed E-state index contributed by atoms with van der Waals surface area (Å²) in [6, 6.07) is 0.667. The van der Waals surface area contributed by atoms with Gasteiger partial charge in [0.25, 0.3) is 0 Å². The van der Waals surface area contributed by atoms with Crippen molar-refractivity contribution in [1.29, 1.82) is 0 Å². The summed E-state index contributed by atoms with van der Waals surface area (Å²) in [5.74, 6) is -5.48. The van der Waals surface area contributed by atoms with Gasteiger partial charge in [0.15, 0.2) is 0 Å². The SMILES string of the molecule is CC(C)CC(N)C(=O)NC(Cc1ccc(O)cc1)C(=O)NC(CC(=O)O)C(=O)NC(CS)C(=O)O. The van der Waals surface area contributed by atoms with Gasteiger partial charge in [-0.05, 0) is 30.0 Å². The quantitative estimate of drug-likeness (QED) is 0.147. The second-order valence-electron chi connectivity index (χ2n) is 8.41. The highest BCUT2D eigenvalue weighted by atomic mass is 32.1. The zero-order valence-corrected chi connectivity index (χ0v) is 20.3. The summed E-state index contributed by atoms with van der Waals surface area (Å²) in [4.78, 5) is 60.6. The van der Waals surface area contributed by atoms with Crippen molar-refractivity contribution >= 4 is 42.3 Å². The van der Waals surface area contributed by atoms with Crippen LogP contribution < -0.4 is 21.7 Å². The van der Waals surface area contributed by atoms with E-state index in [0.717, 1.165) is 0 Å². The van der Waals surface area contributed by atoms with Crippen LogP contribution in [0.2, 0.25) is 0 Å². The number of carboxylic acid groups (broad SMARTS) is 2. The lowest BCUT2D eigenvalue weighted by molar-refractivity contribution is -0.143. The second kappa shape index (κ2) is 14.2. The Labute approximate surface area is 208 Å². The van der Waals surface area contributed by atoms with E-state index >= 15 is 0 Å². The topological polar surface area (TPSA) is 208 Å². The van der Waals surface area contributed by atoms with Crippen LogP contribution >= 0.6 is 12.6 Å². The molecule has 13 heteroatoms. The normalized spacial score (nSPS) is 14.3. The number of amides is 3. The lowest BCUT2D eigenvalue weighted by Crippen LogP contribution is -2.58. The van der Waals surface area contributed by atoms with E-state index in [9.17, 15) is 34.2 Å². The Balaban J connectivity index is 3.12. The first-order chi connectivity index (χ1) is 16.3. The van der Waals surface area contributed by atoms with Gasteiger partial charge in [-0.2, -0.15) is 12.6 Å². The van der Waals surface area contributed by atoms with Gasteiger partial charge in [-0.1, -0.05) is 26.0 Å². The molecule has 0 saturated carbocycles. The number of nitrogens with two attached hydrogens (primary N) is 1. The Morgan fingerprint density at radius 3 is 1.89 bits per heavy atom. The fourth-order valence-electron chi connectivity index (χ4n) is 3.08. The molecule has 4 unspecified atom stereocenters. The highest BCUT2D eigenvalue weighted by Gasteiger charge is 2.31. The molecule has 8 N–H and O–H groups in total. The van der Waals surface area contributed by atoms with Crippen molar-refractivity contribution < 1.29 is 39.3 Å². The molecule has 1 aromatic carbocycles. The van der Waals surface area contributed by atoms with Gasteiger partial charge in [0.2, 0.25) is 17.7 Å². The van der Waals surface area contributed by atoms with Crippen LogP contribution in [-0.2, 0) is 30.4 Å². The van der Waals surface area contributed by atoms with Gasteiger partial charge in [0.1, 0.15) is 23.9 Å². The molecule has 0 aromatic heterocycles. The third-order valence-electron chi connectivity index (χ3n) is 4.88. The number of hydrogen-bond acceptors (Lipinski definition) is 8. The zero-order chi connectivity index (χ0) is 26.7. The molecule has 194 valence electrons. The molecule has 0 aliphatic carbocycles. The molecule has 3 amide bonds. The lowest BCUT2D eigenvalue weighted by Gasteiger charge is -2.25. The molecule has 0 aliphatic heterocycles. The number of phenols is 1. The van der Waals surface area contributed by atoms with E-state index in [4.69, 9.17) is 10.8 Å². The molecule has 0 radical (unpaired) electrons. The molecule has 12 nitrogen and oxygen atoms in total. The number of aromatic hydroxyl groups is 1. The number of phenolic OH excluding ortho intramolecular Hbond substituents is 1. The standard InChI is InChI=1S/C22H32N4O8S/c1-11(2)7-14(23)19(30)24-15(8-12-3-5-13(27)6-4-12)20(31)25-16(9-18(28)29)21(32)26-17(10-35)22(33)34/h3-6,11,14-17,27,35H,7-10,23H2,1-2H3,(H,24,30)(H,25,31)(H,26,32)(H,28,29)(H,33,34). The van der Waals surface area contributed by atoms with Crippen LogP contribution in [0.25, 0.3) is 0 Å². The van der Waals surface area contributed by atoms with Crippen LogP contribution in [0.15, 0.2) is 24.3 Å². The largest absolute Gasteiger partial charge is 0.508 e. The van der Waals surface area contributed by atoms with Crippen LogP contribution in [0.4, 0.5) is 0 Å². The number of rotatable bonds is 14. The van der Waals surface area contributed by atoms with Crippen LogP contribution in [0, 0.1) is 5.92 Å². The molecule has 0 fully saturated rings. The average molecular weight is 513 g/mol. The van der Waals surface area contributed by atoms with E-state index in [1.165, 1.54) is 24.3 Å². The van der Waals surface area contributed by atoms with Crippen molar-refractivity contribution in [2.24, 2.45) is 11.7 Å². The zero-order valence-electron chi connectivity index (χ0n) is 19.4. The third kappa shape index (κ3) is 10.6. The maximum absolute atomic E-state index is 13.1. The van der Waals surface area contributed by atoms with Gasteiger partial charge in [0.05, 0.1) is 12.5 Å². The van der Waals surface area contributed by atoms with Crippen LogP contribution in [0.1, 0.15) is 32.3 Å². The predicted molar refractivity (Wildman–Crippen MR) is 129 cm³/mol. The fraction of sp³-hybridized carbons (Fsp3) is 0.500. The molecule has 0 spiro atoms. The van der Waals surface area contributed by atoms with Crippen molar-refractivity contribution in [3.05, 3.63) is 29.8 Å². The number of carbonyl (C=O) groups excluding carboxylic acids is 3. The Bertz CT molecular complexity index is 909. The van der Waals surface area contributed by atoms with E-state index in [2.05, 4.69) is 28.6 Å². The molecule has 0 heterocycles. The van der Waals surface area contributed by atoms with Gasteiger partial charge < -0.3 is 37.0 Å². The van der Waals surface area contributed by atoms with Gasteiger partial charge in [0, 0.05) is 12.2 Å². The van der Waals surface area contributed by atoms with E-state index in [-0.39, 0.29) is 23.8 Å². The molecule has 0 aliphatic rings. The Hall–Kier alpha value is -3.32. The summed E-state index contributed by atoms with van der Waals surface area (Å²) in [5.41, 5.74) is 6.47. The van der Waals surface area contributed by atoms with Gasteiger partial charge in [-0.15, -0.1) is 0 Å². The number of carbonyl (C=O) groups is 5. The fourth-order valence-corrected chi connectivity index (χ4v) is 3.33. The van der Waals surface area contributed by atoms with Gasteiger partial charge in [-0.3, -0.25) is 19.2 Å². The van der Waals surface area contributed by atoms with E-state index < -0.39 is 60.2 Å². The highest BCUT2D eigenvalue weighted by Crippen LogP contribution is 2.12. The van der Waals surface area contributed by atoms with Crippen LogP contribution in [-0.4, -0.2) is 74.9 Å². The monoisotopic (exact) mass is 512 g/mol. The molecular weight excluding hydrogens is 480 g/mol. The molecular formula is C22H32N4O8S. The van der Waals surface area contributed by atoms with Crippen molar-refractivity contribution in [2.45, 2.75) is 57.3 Å².